The van der Waals surface area contributed by atoms with Gasteiger partial charge in [-0.15, -0.1) is 5.10 Å². The highest BCUT2D eigenvalue weighted by Crippen LogP contribution is 2.36. The van der Waals surface area contributed by atoms with Crippen LogP contribution in [-0.2, 0) is 4.79 Å². The molecule has 1 aromatic heterocycles. The van der Waals surface area contributed by atoms with E-state index in [-0.39, 0.29) is 5.91 Å². The van der Waals surface area contributed by atoms with Crippen LogP contribution in [0.25, 0.3) is 16.6 Å². The molecule has 0 saturated carbocycles. The minimum atomic E-state index is -0.203. The fourth-order valence-corrected chi connectivity index (χ4v) is 2.58. The zero-order valence-corrected chi connectivity index (χ0v) is 11.8. The van der Waals surface area contributed by atoms with Crippen LogP contribution < -0.4 is 10.6 Å². The molecule has 2 heterocycles. The topological polar surface area (TPSA) is 106 Å². The van der Waals surface area contributed by atoms with E-state index >= 15 is 0 Å². The SMILES string of the molecule is N#Cc1cccc(NC=C2C(=O)Nc3ccc4nn[nH]c4c32)c1. The van der Waals surface area contributed by atoms with Gasteiger partial charge in [-0.1, -0.05) is 11.3 Å². The molecule has 1 amide bonds. The number of amides is 1. The van der Waals surface area contributed by atoms with Crippen LogP contribution in [-0.4, -0.2) is 21.3 Å². The highest BCUT2D eigenvalue weighted by atomic mass is 16.2. The summed E-state index contributed by atoms with van der Waals surface area (Å²) < 4.78 is 0. The summed E-state index contributed by atoms with van der Waals surface area (Å²) in [7, 11) is 0. The summed E-state index contributed by atoms with van der Waals surface area (Å²) in [5.41, 5.74) is 4.61. The van der Waals surface area contributed by atoms with Gasteiger partial charge in [0.25, 0.3) is 5.91 Å². The van der Waals surface area contributed by atoms with Crippen molar-refractivity contribution in [2.24, 2.45) is 0 Å². The third kappa shape index (κ3) is 2.10. The molecule has 0 atom stereocenters. The Labute approximate surface area is 130 Å². The van der Waals surface area contributed by atoms with E-state index in [4.69, 9.17) is 5.26 Å². The van der Waals surface area contributed by atoms with Crippen molar-refractivity contribution >= 4 is 33.9 Å². The molecule has 1 aliphatic heterocycles. The number of carbonyl (C=O) groups excluding carboxylic acids is 1. The van der Waals surface area contributed by atoms with Gasteiger partial charge in [-0.3, -0.25) is 9.89 Å². The predicted molar refractivity (Wildman–Crippen MR) is 85.3 cm³/mol. The van der Waals surface area contributed by atoms with Crippen molar-refractivity contribution in [3.63, 3.8) is 0 Å². The van der Waals surface area contributed by atoms with E-state index in [1.165, 1.54) is 0 Å². The molecule has 0 spiro atoms. The summed E-state index contributed by atoms with van der Waals surface area (Å²) in [6.07, 6.45) is 1.62. The number of nitrogens with zero attached hydrogens (tertiary/aromatic N) is 3. The van der Waals surface area contributed by atoms with Gasteiger partial charge in [0.1, 0.15) is 5.52 Å². The van der Waals surface area contributed by atoms with Gasteiger partial charge >= 0.3 is 0 Å². The fraction of sp³-hybridized carbons (Fsp3) is 0. The molecular formula is C16H10N6O. The van der Waals surface area contributed by atoms with E-state index in [9.17, 15) is 4.79 Å². The van der Waals surface area contributed by atoms with Crippen molar-refractivity contribution in [1.29, 1.82) is 5.26 Å². The smallest absolute Gasteiger partial charge is 0.257 e. The molecule has 0 aliphatic carbocycles. The minimum absolute atomic E-state index is 0.203. The summed E-state index contributed by atoms with van der Waals surface area (Å²) in [6.45, 7) is 0. The van der Waals surface area contributed by atoms with Gasteiger partial charge in [0.2, 0.25) is 0 Å². The summed E-state index contributed by atoms with van der Waals surface area (Å²) in [6, 6.07) is 12.7. The number of fused-ring (bicyclic) bond motifs is 3. The number of hydrogen-bond acceptors (Lipinski definition) is 5. The van der Waals surface area contributed by atoms with E-state index in [0.29, 0.717) is 27.9 Å². The Kier molecular flexibility index (Phi) is 2.81. The maximum Gasteiger partial charge on any atom is 0.257 e. The number of aromatic amines is 1. The van der Waals surface area contributed by atoms with Crippen LogP contribution in [0.1, 0.15) is 11.1 Å². The van der Waals surface area contributed by atoms with Crippen LogP contribution in [0.2, 0.25) is 0 Å². The molecule has 110 valence electrons. The lowest BCUT2D eigenvalue weighted by Crippen LogP contribution is -2.05. The first-order valence-electron chi connectivity index (χ1n) is 6.88. The van der Waals surface area contributed by atoms with Crippen molar-refractivity contribution in [2.75, 3.05) is 10.6 Å². The Morgan fingerprint density at radius 1 is 1.26 bits per heavy atom. The average molecular weight is 302 g/mol. The Hall–Kier alpha value is -3.66. The summed E-state index contributed by atoms with van der Waals surface area (Å²) in [5, 5.41) is 25.4. The number of carbonyl (C=O) groups is 1. The quantitative estimate of drug-likeness (QED) is 0.629. The standard InChI is InChI=1S/C16H10N6O/c17-7-9-2-1-3-10(6-9)18-8-11-14-12(19-16(11)23)4-5-13-15(14)21-22-20-13/h1-6,8,18H,(H,19,23)(H,20,21,22). The van der Waals surface area contributed by atoms with E-state index in [1.807, 2.05) is 6.07 Å². The molecule has 23 heavy (non-hydrogen) atoms. The monoisotopic (exact) mass is 302 g/mol. The van der Waals surface area contributed by atoms with Gasteiger partial charge in [0.05, 0.1) is 28.4 Å². The lowest BCUT2D eigenvalue weighted by molar-refractivity contribution is -0.110. The summed E-state index contributed by atoms with van der Waals surface area (Å²) >= 11 is 0. The molecule has 0 saturated heterocycles. The molecule has 0 radical (unpaired) electrons. The zero-order chi connectivity index (χ0) is 15.8. The molecule has 0 unspecified atom stereocenters. The molecule has 7 nitrogen and oxygen atoms in total. The van der Waals surface area contributed by atoms with Crippen molar-refractivity contribution in [1.82, 2.24) is 15.4 Å². The van der Waals surface area contributed by atoms with Gasteiger partial charge in [-0.25, -0.2) is 0 Å². The molecule has 2 aromatic carbocycles. The first kappa shape index (κ1) is 13.0. The van der Waals surface area contributed by atoms with Crippen LogP contribution in [0.15, 0.2) is 42.6 Å². The van der Waals surface area contributed by atoms with Gasteiger partial charge in [0.15, 0.2) is 0 Å². The molecule has 7 heteroatoms. The van der Waals surface area contributed by atoms with E-state index < -0.39 is 0 Å². The zero-order valence-electron chi connectivity index (χ0n) is 11.8. The van der Waals surface area contributed by atoms with Gasteiger partial charge < -0.3 is 10.6 Å². The van der Waals surface area contributed by atoms with Crippen molar-refractivity contribution in [3.8, 4) is 6.07 Å². The van der Waals surface area contributed by atoms with Gasteiger partial charge in [-0.2, -0.15) is 5.26 Å². The Bertz CT molecular complexity index is 1010. The first-order chi connectivity index (χ1) is 11.3. The van der Waals surface area contributed by atoms with Crippen LogP contribution in [0.3, 0.4) is 0 Å². The van der Waals surface area contributed by atoms with Crippen LogP contribution in [0, 0.1) is 11.3 Å². The maximum atomic E-state index is 12.2. The largest absolute Gasteiger partial charge is 0.361 e. The number of rotatable bonds is 2. The van der Waals surface area contributed by atoms with Crippen LogP contribution in [0.5, 0.6) is 0 Å². The number of benzene rings is 2. The van der Waals surface area contributed by atoms with E-state index in [0.717, 1.165) is 11.3 Å². The average Bonchev–Trinajstić information content (AvgIpc) is 3.16. The van der Waals surface area contributed by atoms with E-state index in [1.54, 1.807) is 36.5 Å². The lowest BCUT2D eigenvalue weighted by Gasteiger charge is -2.03. The second kappa shape index (κ2) is 4.96. The second-order valence-corrected chi connectivity index (χ2v) is 5.04. The Balaban J connectivity index is 1.76. The number of nitriles is 1. The first-order valence-corrected chi connectivity index (χ1v) is 6.88. The highest BCUT2D eigenvalue weighted by Gasteiger charge is 2.27. The number of anilines is 2. The van der Waals surface area contributed by atoms with Gasteiger partial charge in [0, 0.05) is 17.5 Å². The molecule has 3 N–H and O–H groups in total. The number of nitrogens with one attached hydrogen (secondary N) is 3. The fourth-order valence-electron chi connectivity index (χ4n) is 2.58. The molecule has 0 fully saturated rings. The lowest BCUT2D eigenvalue weighted by atomic mass is 10.1. The number of hydrogen-bond donors (Lipinski definition) is 3. The predicted octanol–water partition coefficient (Wildman–Crippen LogP) is 2.23. The van der Waals surface area contributed by atoms with Crippen LogP contribution >= 0.6 is 0 Å². The number of aromatic nitrogens is 3. The molecule has 3 aromatic rings. The highest BCUT2D eigenvalue weighted by molar-refractivity contribution is 6.34. The third-order valence-electron chi connectivity index (χ3n) is 3.64. The summed E-state index contributed by atoms with van der Waals surface area (Å²) in [4.78, 5) is 12.2. The van der Waals surface area contributed by atoms with Crippen molar-refractivity contribution < 1.29 is 4.79 Å². The van der Waals surface area contributed by atoms with Crippen molar-refractivity contribution in [3.05, 3.63) is 53.7 Å². The summed E-state index contributed by atoms with van der Waals surface area (Å²) in [5.74, 6) is -0.203. The Morgan fingerprint density at radius 3 is 3.04 bits per heavy atom. The van der Waals surface area contributed by atoms with E-state index in [2.05, 4.69) is 32.1 Å². The maximum absolute atomic E-state index is 12.2. The molecular weight excluding hydrogens is 292 g/mol. The Morgan fingerprint density at radius 2 is 2.17 bits per heavy atom. The third-order valence-corrected chi connectivity index (χ3v) is 3.64. The van der Waals surface area contributed by atoms with Crippen molar-refractivity contribution in [2.45, 2.75) is 0 Å². The normalized spacial score (nSPS) is 14.6. The minimum Gasteiger partial charge on any atom is -0.361 e. The molecule has 4 rings (SSSR count). The molecule has 0 bridgehead atoms. The van der Waals surface area contributed by atoms with Gasteiger partial charge in [-0.05, 0) is 30.3 Å². The number of H-pyrrole nitrogens is 1. The van der Waals surface area contributed by atoms with Crippen LogP contribution in [0.4, 0.5) is 11.4 Å². The second-order valence-electron chi connectivity index (χ2n) is 5.04. The molecule has 1 aliphatic rings.